The monoisotopic (exact) mass is 413 g/mol. The Hall–Kier alpha value is -3.07. The fourth-order valence-electron chi connectivity index (χ4n) is 2.56. The molecule has 0 aliphatic rings. The number of anilines is 1. The van der Waals surface area contributed by atoms with Crippen molar-refractivity contribution in [1.82, 2.24) is 20.1 Å². The topological polar surface area (TPSA) is 102 Å². The minimum Gasteiger partial charge on any atom is -0.459 e. The molecule has 2 amide bonds. The van der Waals surface area contributed by atoms with Crippen molar-refractivity contribution in [3.63, 3.8) is 0 Å². The summed E-state index contributed by atoms with van der Waals surface area (Å²) in [7, 11) is 1.79. The predicted molar refractivity (Wildman–Crippen MR) is 111 cm³/mol. The van der Waals surface area contributed by atoms with Gasteiger partial charge in [-0.05, 0) is 35.7 Å². The first-order valence-corrected chi connectivity index (χ1v) is 10.1. The lowest BCUT2D eigenvalue weighted by Crippen LogP contribution is -2.24. The Morgan fingerprint density at radius 1 is 1.17 bits per heavy atom. The van der Waals surface area contributed by atoms with Gasteiger partial charge in [0.25, 0.3) is 5.91 Å². The summed E-state index contributed by atoms with van der Waals surface area (Å²) < 4.78 is 6.80. The Morgan fingerprint density at radius 2 is 1.93 bits per heavy atom. The molecule has 3 aromatic rings. The number of thioether (sulfide) groups is 1. The van der Waals surface area contributed by atoms with E-state index in [0.717, 1.165) is 5.69 Å². The van der Waals surface area contributed by atoms with Crippen LogP contribution in [0.5, 0.6) is 0 Å². The van der Waals surface area contributed by atoms with Crippen LogP contribution >= 0.6 is 11.8 Å². The van der Waals surface area contributed by atoms with Crippen LogP contribution in [0.15, 0.2) is 52.2 Å². The van der Waals surface area contributed by atoms with Gasteiger partial charge in [0.2, 0.25) is 5.91 Å². The van der Waals surface area contributed by atoms with E-state index >= 15 is 0 Å². The van der Waals surface area contributed by atoms with Gasteiger partial charge in [-0.25, -0.2) is 0 Å². The molecule has 0 atom stereocenters. The van der Waals surface area contributed by atoms with E-state index < -0.39 is 0 Å². The van der Waals surface area contributed by atoms with Crippen LogP contribution in [-0.2, 0) is 18.4 Å². The summed E-state index contributed by atoms with van der Waals surface area (Å²) in [5, 5.41) is 14.4. The first-order valence-electron chi connectivity index (χ1n) is 9.16. The van der Waals surface area contributed by atoms with Crippen molar-refractivity contribution < 1.29 is 14.0 Å². The molecule has 0 saturated heterocycles. The number of hydrogen-bond donors (Lipinski definition) is 2. The molecule has 0 fully saturated rings. The summed E-state index contributed by atoms with van der Waals surface area (Å²) in [6.07, 6.45) is 1.44. The molecule has 1 aromatic carbocycles. The van der Waals surface area contributed by atoms with Crippen molar-refractivity contribution in [2.75, 3.05) is 11.1 Å². The third-order valence-corrected chi connectivity index (χ3v) is 5.29. The van der Waals surface area contributed by atoms with Crippen LogP contribution in [0.1, 0.15) is 41.7 Å². The summed E-state index contributed by atoms with van der Waals surface area (Å²) in [5.74, 6) is 1.02. The van der Waals surface area contributed by atoms with Crippen LogP contribution < -0.4 is 10.6 Å². The summed E-state index contributed by atoms with van der Waals surface area (Å²) in [6, 6.07) is 11.1. The summed E-state index contributed by atoms with van der Waals surface area (Å²) in [5.41, 5.74) is 1.99. The highest BCUT2D eigenvalue weighted by molar-refractivity contribution is 7.99. The third kappa shape index (κ3) is 5.47. The van der Waals surface area contributed by atoms with Crippen LogP contribution in [0.2, 0.25) is 0 Å². The summed E-state index contributed by atoms with van der Waals surface area (Å²) in [6.45, 7) is 4.46. The molecule has 9 heteroatoms. The second-order valence-corrected chi connectivity index (χ2v) is 7.67. The number of carbonyl (C=O) groups is 2. The highest BCUT2D eigenvalue weighted by atomic mass is 32.2. The average molecular weight is 414 g/mol. The lowest BCUT2D eigenvalue weighted by molar-refractivity contribution is -0.113. The average Bonchev–Trinajstić information content (AvgIpc) is 3.35. The van der Waals surface area contributed by atoms with Crippen molar-refractivity contribution >= 4 is 29.3 Å². The zero-order valence-corrected chi connectivity index (χ0v) is 17.3. The number of amides is 2. The van der Waals surface area contributed by atoms with Crippen LogP contribution in [-0.4, -0.2) is 32.3 Å². The number of furan rings is 1. The van der Waals surface area contributed by atoms with Gasteiger partial charge in [-0.15, -0.1) is 10.2 Å². The van der Waals surface area contributed by atoms with Crippen LogP contribution in [0.3, 0.4) is 0 Å². The molecular weight excluding hydrogens is 390 g/mol. The minimum absolute atomic E-state index is 0.122. The maximum Gasteiger partial charge on any atom is 0.287 e. The maximum absolute atomic E-state index is 12.2. The molecule has 2 N–H and O–H groups in total. The largest absolute Gasteiger partial charge is 0.459 e. The van der Waals surface area contributed by atoms with E-state index in [-0.39, 0.29) is 29.9 Å². The lowest BCUT2D eigenvalue weighted by atomic mass is 10.0. The molecule has 0 radical (unpaired) electrons. The lowest BCUT2D eigenvalue weighted by Gasteiger charge is -2.08. The fraction of sp³-hybridized carbons (Fsp3) is 0.300. The Morgan fingerprint density at radius 3 is 2.59 bits per heavy atom. The van der Waals surface area contributed by atoms with E-state index in [9.17, 15) is 9.59 Å². The molecule has 3 rings (SSSR count). The first-order chi connectivity index (χ1) is 13.9. The second kappa shape index (κ2) is 9.42. The van der Waals surface area contributed by atoms with Gasteiger partial charge in [-0.1, -0.05) is 37.7 Å². The quantitative estimate of drug-likeness (QED) is 0.550. The molecule has 0 unspecified atom stereocenters. The van der Waals surface area contributed by atoms with Crippen molar-refractivity contribution in [1.29, 1.82) is 0 Å². The van der Waals surface area contributed by atoms with E-state index in [1.165, 1.54) is 23.6 Å². The second-order valence-electron chi connectivity index (χ2n) is 6.73. The number of rotatable bonds is 8. The molecule has 29 heavy (non-hydrogen) atoms. The number of benzene rings is 1. The van der Waals surface area contributed by atoms with E-state index in [2.05, 4.69) is 34.7 Å². The smallest absolute Gasteiger partial charge is 0.287 e. The molecule has 2 heterocycles. The molecule has 2 aromatic heterocycles. The Kier molecular flexibility index (Phi) is 6.71. The van der Waals surface area contributed by atoms with Gasteiger partial charge in [0.15, 0.2) is 16.7 Å². The van der Waals surface area contributed by atoms with E-state index in [1.807, 2.05) is 24.3 Å². The van der Waals surface area contributed by atoms with Crippen LogP contribution in [0.25, 0.3) is 0 Å². The molecule has 0 spiro atoms. The van der Waals surface area contributed by atoms with Crippen LogP contribution in [0.4, 0.5) is 5.69 Å². The maximum atomic E-state index is 12.2. The van der Waals surface area contributed by atoms with Gasteiger partial charge in [-0.2, -0.15) is 0 Å². The predicted octanol–water partition coefficient (Wildman–Crippen LogP) is 3.19. The van der Waals surface area contributed by atoms with E-state index in [4.69, 9.17) is 4.42 Å². The highest BCUT2D eigenvalue weighted by Gasteiger charge is 2.14. The zero-order valence-electron chi connectivity index (χ0n) is 16.5. The van der Waals surface area contributed by atoms with Gasteiger partial charge in [0.1, 0.15) is 0 Å². The number of aromatic nitrogens is 3. The molecule has 0 aliphatic heterocycles. The third-order valence-electron chi connectivity index (χ3n) is 4.27. The Labute approximate surface area is 173 Å². The standard InChI is InChI=1S/C20H23N5O3S/c1-13(2)14-6-8-15(9-7-14)22-18(26)12-29-20-24-23-17(25(20)3)11-21-19(27)16-5-4-10-28-16/h4-10,13H,11-12H2,1-3H3,(H,21,27)(H,22,26). The van der Waals surface area contributed by atoms with Crippen LogP contribution in [0, 0.1) is 0 Å². The van der Waals surface area contributed by atoms with Crippen molar-refractivity contribution in [2.45, 2.75) is 31.5 Å². The normalized spacial score (nSPS) is 10.9. The number of nitrogens with one attached hydrogen (secondary N) is 2. The molecule has 8 nitrogen and oxygen atoms in total. The van der Waals surface area contributed by atoms with Crippen molar-refractivity contribution in [3.8, 4) is 0 Å². The number of carbonyl (C=O) groups excluding carboxylic acids is 2. The Bertz CT molecular complexity index is 965. The molecule has 0 bridgehead atoms. The molecule has 0 saturated carbocycles. The van der Waals surface area contributed by atoms with Crippen molar-refractivity contribution in [2.24, 2.45) is 7.05 Å². The van der Waals surface area contributed by atoms with Gasteiger partial charge >= 0.3 is 0 Å². The van der Waals surface area contributed by atoms with Gasteiger partial charge in [0.05, 0.1) is 18.6 Å². The molecule has 0 aliphatic carbocycles. The first kappa shape index (κ1) is 20.7. The fourth-order valence-corrected chi connectivity index (χ4v) is 3.29. The van der Waals surface area contributed by atoms with Gasteiger partial charge in [0, 0.05) is 12.7 Å². The zero-order chi connectivity index (χ0) is 20.8. The summed E-state index contributed by atoms with van der Waals surface area (Å²) in [4.78, 5) is 24.1. The van der Waals surface area contributed by atoms with Gasteiger partial charge < -0.3 is 19.6 Å². The number of nitrogens with zero attached hydrogens (tertiary/aromatic N) is 3. The Balaban J connectivity index is 1.49. The number of hydrogen-bond acceptors (Lipinski definition) is 6. The molecule has 152 valence electrons. The SMILES string of the molecule is CC(C)c1ccc(NC(=O)CSc2nnc(CNC(=O)c3ccco3)n2C)cc1. The minimum atomic E-state index is -0.324. The van der Waals surface area contributed by atoms with Gasteiger partial charge in [-0.3, -0.25) is 9.59 Å². The molecular formula is C20H23N5O3S. The van der Waals surface area contributed by atoms with E-state index in [0.29, 0.717) is 16.9 Å². The highest BCUT2D eigenvalue weighted by Crippen LogP contribution is 2.19. The van der Waals surface area contributed by atoms with Crippen molar-refractivity contribution in [3.05, 3.63) is 59.8 Å². The summed E-state index contributed by atoms with van der Waals surface area (Å²) >= 11 is 1.28. The van der Waals surface area contributed by atoms with E-state index in [1.54, 1.807) is 23.7 Å².